The van der Waals surface area contributed by atoms with Crippen molar-refractivity contribution in [1.82, 2.24) is 24.8 Å². The maximum Gasteiger partial charge on any atom is 0.185 e. The third-order valence-electron chi connectivity index (χ3n) is 6.11. The number of anilines is 1. The first kappa shape index (κ1) is 14.8. The van der Waals surface area contributed by atoms with Crippen molar-refractivity contribution in [2.75, 3.05) is 11.9 Å². The van der Waals surface area contributed by atoms with Crippen LogP contribution in [0.3, 0.4) is 0 Å². The second kappa shape index (κ2) is 5.49. The Morgan fingerprint density at radius 2 is 2.00 bits per heavy atom. The highest BCUT2D eigenvalue weighted by atomic mass is 15.4. The third kappa shape index (κ3) is 2.22. The second-order valence-corrected chi connectivity index (χ2v) is 7.25. The zero-order valence-electron chi connectivity index (χ0n) is 14.0. The molecule has 2 unspecified atom stereocenters. The fraction of sp³-hybridized carbons (Fsp3) is 0.444. The molecule has 0 aliphatic heterocycles. The Bertz CT molecular complexity index is 900. The molecule has 25 heavy (non-hydrogen) atoms. The number of fused-ring (bicyclic) bond motifs is 1. The average molecular weight is 335 g/mol. The van der Waals surface area contributed by atoms with Crippen LogP contribution in [0.15, 0.2) is 36.7 Å². The van der Waals surface area contributed by atoms with E-state index in [-0.39, 0.29) is 0 Å². The van der Waals surface area contributed by atoms with Gasteiger partial charge >= 0.3 is 0 Å². The highest BCUT2D eigenvalue weighted by molar-refractivity contribution is 5.58. The molecule has 2 saturated carbocycles. The monoisotopic (exact) mass is 335 g/mol. The highest BCUT2D eigenvalue weighted by Crippen LogP contribution is 2.58. The number of hydrogen-bond donors (Lipinski definition) is 2. The van der Waals surface area contributed by atoms with E-state index in [1.54, 1.807) is 16.9 Å². The van der Waals surface area contributed by atoms with Crippen molar-refractivity contribution >= 4 is 11.5 Å². The van der Waals surface area contributed by atoms with Crippen molar-refractivity contribution in [3.05, 3.63) is 36.7 Å². The van der Waals surface area contributed by atoms with E-state index in [0.29, 0.717) is 17.4 Å². The van der Waals surface area contributed by atoms with Gasteiger partial charge in [0, 0.05) is 30.5 Å². The molecular formula is C18H21N7. The van der Waals surface area contributed by atoms with Gasteiger partial charge in [0.15, 0.2) is 11.5 Å². The number of hydrogen-bond acceptors (Lipinski definition) is 6. The van der Waals surface area contributed by atoms with E-state index in [4.69, 9.17) is 5.73 Å². The summed E-state index contributed by atoms with van der Waals surface area (Å²) in [5, 5.41) is 16.6. The first-order valence-corrected chi connectivity index (χ1v) is 8.89. The van der Waals surface area contributed by atoms with Crippen LogP contribution in [0, 0.1) is 11.3 Å². The minimum absolute atomic E-state index is 0.389. The third-order valence-corrected chi connectivity index (χ3v) is 6.11. The molecule has 1 spiro atoms. The van der Waals surface area contributed by atoms with Gasteiger partial charge in [-0.15, -0.1) is 15.3 Å². The van der Waals surface area contributed by atoms with Crippen molar-refractivity contribution in [3.63, 3.8) is 0 Å². The molecule has 3 heterocycles. The van der Waals surface area contributed by atoms with Crippen LogP contribution in [0.2, 0.25) is 0 Å². The molecule has 3 N–H and O–H groups in total. The molecule has 2 aliphatic rings. The fourth-order valence-corrected chi connectivity index (χ4v) is 4.36. The van der Waals surface area contributed by atoms with Crippen LogP contribution >= 0.6 is 0 Å². The minimum Gasteiger partial charge on any atom is -0.368 e. The molecule has 0 aromatic carbocycles. The molecule has 7 heteroatoms. The Morgan fingerprint density at radius 3 is 2.72 bits per heavy atom. The highest BCUT2D eigenvalue weighted by Gasteiger charge is 2.56. The Balaban J connectivity index is 1.38. The number of nitrogens with one attached hydrogen (secondary N) is 1. The van der Waals surface area contributed by atoms with Gasteiger partial charge in [0.1, 0.15) is 5.82 Å². The first-order chi connectivity index (χ1) is 12.3. The van der Waals surface area contributed by atoms with E-state index < -0.39 is 0 Å². The van der Waals surface area contributed by atoms with Gasteiger partial charge in [-0.3, -0.25) is 4.98 Å². The molecule has 5 rings (SSSR count). The number of rotatable bonds is 4. The summed E-state index contributed by atoms with van der Waals surface area (Å²) in [5.74, 6) is 2.23. The predicted molar refractivity (Wildman–Crippen MR) is 94.9 cm³/mol. The molecule has 0 saturated heterocycles. The lowest BCUT2D eigenvalue weighted by Gasteiger charge is -2.60. The Morgan fingerprint density at radius 1 is 1.16 bits per heavy atom. The van der Waals surface area contributed by atoms with Crippen molar-refractivity contribution in [1.29, 1.82) is 0 Å². The van der Waals surface area contributed by atoms with E-state index >= 15 is 0 Å². The Labute approximate surface area is 145 Å². The zero-order valence-corrected chi connectivity index (χ0v) is 14.0. The van der Waals surface area contributed by atoms with Crippen LogP contribution in [0.25, 0.3) is 17.0 Å². The lowest BCUT2D eigenvalue weighted by molar-refractivity contribution is -0.0657. The molecule has 2 atom stereocenters. The first-order valence-electron chi connectivity index (χ1n) is 8.89. The van der Waals surface area contributed by atoms with Gasteiger partial charge in [0.05, 0.1) is 0 Å². The van der Waals surface area contributed by atoms with Crippen LogP contribution in [0.5, 0.6) is 0 Å². The molecule has 0 bridgehead atoms. The summed E-state index contributed by atoms with van der Waals surface area (Å²) >= 11 is 0. The SMILES string of the molecule is NC1CC(CNc2ccc3nnc(-c4ccncc4)n3n2)C12CCC2. The number of aromatic nitrogens is 5. The molecule has 0 radical (unpaired) electrons. The summed E-state index contributed by atoms with van der Waals surface area (Å²) in [6, 6.07) is 8.12. The van der Waals surface area contributed by atoms with Crippen LogP contribution in [-0.4, -0.2) is 37.4 Å². The fourth-order valence-electron chi connectivity index (χ4n) is 4.36. The van der Waals surface area contributed by atoms with E-state index in [9.17, 15) is 0 Å². The van der Waals surface area contributed by atoms with Crippen LogP contribution < -0.4 is 11.1 Å². The standard InChI is InChI=1S/C18H21N7/c19-14-10-13(18(14)6-1-7-18)11-21-15-2-3-16-22-23-17(25(16)24-15)12-4-8-20-9-5-12/h2-5,8-9,13-14H,1,6-7,10-11,19H2,(H,21,24). The summed E-state index contributed by atoms with van der Waals surface area (Å²) in [6.07, 6.45) is 8.50. The molecule has 128 valence electrons. The molecular weight excluding hydrogens is 314 g/mol. The quantitative estimate of drug-likeness (QED) is 0.758. The summed E-state index contributed by atoms with van der Waals surface area (Å²) < 4.78 is 1.78. The van der Waals surface area contributed by atoms with E-state index in [1.165, 1.54) is 19.3 Å². The van der Waals surface area contributed by atoms with Crippen LogP contribution in [-0.2, 0) is 0 Å². The van der Waals surface area contributed by atoms with Gasteiger partial charge in [-0.25, -0.2) is 0 Å². The number of nitrogens with two attached hydrogens (primary N) is 1. The smallest absolute Gasteiger partial charge is 0.185 e. The molecule has 3 aromatic heterocycles. The van der Waals surface area contributed by atoms with Gasteiger partial charge in [-0.05, 0) is 54.9 Å². The van der Waals surface area contributed by atoms with Crippen LogP contribution in [0.4, 0.5) is 5.82 Å². The van der Waals surface area contributed by atoms with Crippen molar-refractivity contribution in [2.45, 2.75) is 31.7 Å². The van der Waals surface area contributed by atoms with E-state index in [1.807, 2.05) is 24.3 Å². The summed E-state index contributed by atoms with van der Waals surface area (Å²) in [6.45, 7) is 0.929. The summed E-state index contributed by atoms with van der Waals surface area (Å²) in [7, 11) is 0. The lowest BCUT2D eigenvalue weighted by Crippen LogP contribution is -2.63. The predicted octanol–water partition coefficient (Wildman–Crippen LogP) is 2.12. The van der Waals surface area contributed by atoms with Gasteiger partial charge in [-0.2, -0.15) is 4.52 Å². The maximum atomic E-state index is 6.25. The second-order valence-electron chi connectivity index (χ2n) is 7.25. The van der Waals surface area contributed by atoms with Crippen molar-refractivity contribution in [3.8, 4) is 11.4 Å². The number of pyridine rings is 1. The molecule has 3 aromatic rings. The van der Waals surface area contributed by atoms with Gasteiger partial charge in [0.2, 0.25) is 0 Å². The van der Waals surface area contributed by atoms with Gasteiger partial charge < -0.3 is 11.1 Å². The van der Waals surface area contributed by atoms with E-state index in [2.05, 4.69) is 25.6 Å². The molecule has 2 aliphatic carbocycles. The van der Waals surface area contributed by atoms with E-state index in [0.717, 1.165) is 35.8 Å². The largest absolute Gasteiger partial charge is 0.368 e. The minimum atomic E-state index is 0.389. The summed E-state index contributed by atoms with van der Waals surface area (Å²) in [4.78, 5) is 4.05. The molecule has 0 amide bonds. The van der Waals surface area contributed by atoms with Crippen molar-refractivity contribution < 1.29 is 0 Å². The molecule has 2 fully saturated rings. The zero-order chi connectivity index (χ0) is 16.9. The Kier molecular flexibility index (Phi) is 3.24. The maximum absolute atomic E-state index is 6.25. The summed E-state index contributed by atoms with van der Waals surface area (Å²) in [5.41, 5.74) is 8.34. The van der Waals surface area contributed by atoms with Gasteiger partial charge in [0.25, 0.3) is 0 Å². The average Bonchev–Trinajstić information content (AvgIpc) is 3.01. The normalized spacial score (nSPS) is 24.0. The van der Waals surface area contributed by atoms with Crippen LogP contribution in [0.1, 0.15) is 25.7 Å². The lowest BCUT2D eigenvalue weighted by atomic mass is 9.47. The topological polar surface area (TPSA) is 94.0 Å². The Hall–Kier alpha value is -2.54. The van der Waals surface area contributed by atoms with Gasteiger partial charge in [-0.1, -0.05) is 6.42 Å². The number of nitrogens with zero attached hydrogens (tertiary/aromatic N) is 5. The molecule has 7 nitrogen and oxygen atoms in total. The van der Waals surface area contributed by atoms with Crippen molar-refractivity contribution in [2.24, 2.45) is 17.1 Å².